The zero-order chi connectivity index (χ0) is 16.0. The highest BCUT2D eigenvalue weighted by Gasteiger charge is 2.23. The van der Waals surface area contributed by atoms with E-state index in [1.54, 1.807) is 6.92 Å². The molecule has 118 valence electrons. The van der Waals surface area contributed by atoms with Crippen molar-refractivity contribution in [3.05, 3.63) is 15.8 Å². The van der Waals surface area contributed by atoms with Crippen LogP contribution in [-0.4, -0.2) is 45.5 Å². The summed E-state index contributed by atoms with van der Waals surface area (Å²) in [6, 6.07) is 0.00326. The lowest BCUT2D eigenvalue weighted by Gasteiger charge is -2.23. The van der Waals surface area contributed by atoms with Gasteiger partial charge in [-0.25, -0.2) is 10.8 Å². The van der Waals surface area contributed by atoms with Crippen molar-refractivity contribution in [2.45, 2.75) is 33.7 Å². The molecule has 1 heterocycles. The molecule has 9 heteroatoms. The van der Waals surface area contributed by atoms with E-state index in [1.807, 2.05) is 6.92 Å². The Morgan fingerprint density at radius 1 is 1.38 bits per heavy atom. The summed E-state index contributed by atoms with van der Waals surface area (Å²) < 4.78 is 0. The number of hydrogen-bond acceptors (Lipinski definition) is 8. The number of nitrogens with two attached hydrogens (primary N) is 1. The summed E-state index contributed by atoms with van der Waals surface area (Å²) in [5.74, 6) is 5.62. The zero-order valence-corrected chi connectivity index (χ0v) is 12.9. The van der Waals surface area contributed by atoms with Gasteiger partial charge in [0.25, 0.3) is 0 Å². The summed E-state index contributed by atoms with van der Waals surface area (Å²) in [5.41, 5.74) is 2.46. The molecule has 1 atom stereocenters. The molecule has 0 amide bonds. The first-order chi connectivity index (χ1) is 9.92. The lowest BCUT2D eigenvalue weighted by Crippen LogP contribution is -2.35. The molecule has 0 aliphatic carbocycles. The van der Waals surface area contributed by atoms with E-state index in [2.05, 4.69) is 39.5 Å². The van der Waals surface area contributed by atoms with Crippen LogP contribution in [0.4, 0.5) is 17.5 Å². The van der Waals surface area contributed by atoms with Gasteiger partial charge in [0.2, 0.25) is 11.8 Å². The van der Waals surface area contributed by atoms with E-state index in [-0.39, 0.29) is 29.2 Å². The van der Waals surface area contributed by atoms with E-state index in [9.17, 15) is 10.1 Å². The summed E-state index contributed by atoms with van der Waals surface area (Å²) in [7, 11) is 0. The summed E-state index contributed by atoms with van der Waals surface area (Å²) in [6.45, 7) is 10.3. The van der Waals surface area contributed by atoms with Crippen LogP contribution in [0.3, 0.4) is 0 Å². The fraction of sp³-hybridized carbons (Fsp3) is 0.667. The number of hydrogen-bond donors (Lipinski definition) is 3. The molecule has 0 bridgehead atoms. The highest BCUT2D eigenvalue weighted by molar-refractivity contribution is 5.61. The Bertz CT molecular complexity index is 491. The minimum absolute atomic E-state index is 0.00326. The minimum Gasteiger partial charge on any atom is -0.360 e. The Balaban J connectivity index is 3.00. The fourth-order valence-corrected chi connectivity index (χ4v) is 2.10. The van der Waals surface area contributed by atoms with Crippen LogP contribution >= 0.6 is 0 Å². The van der Waals surface area contributed by atoms with Crippen molar-refractivity contribution in [3.8, 4) is 0 Å². The molecule has 1 unspecified atom stereocenters. The number of nitrogen functional groups attached to an aromatic ring is 1. The van der Waals surface area contributed by atoms with Gasteiger partial charge in [-0.05, 0) is 26.9 Å². The van der Waals surface area contributed by atoms with Gasteiger partial charge in [0.15, 0.2) is 0 Å². The second kappa shape index (κ2) is 7.70. The van der Waals surface area contributed by atoms with Gasteiger partial charge in [-0.3, -0.25) is 15.5 Å². The van der Waals surface area contributed by atoms with Gasteiger partial charge in [0, 0.05) is 12.6 Å². The molecule has 0 saturated carbocycles. The summed E-state index contributed by atoms with van der Waals surface area (Å²) >= 11 is 0. The second-order valence-corrected chi connectivity index (χ2v) is 4.76. The van der Waals surface area contributed by atoms with Crippen LogP contribution in [0.15, 0.2) is 0 Å². The van der Waals surface area contributed by atoms with E-state index in [0.717, 1.165) is 19.6 Å². The maximum absolute atomic E-state index is 11.2. The first-order valence-corrected chi connectivity index (χ1v) is 6.91. The Kier molecular flexibility index (Phi) is 6.25. The number of nitrogens with one attached hydrogen (secondary N) is 2. The van der Waals surface area contributed by atoms with Crippen LogP contribution in [0.1, 0.15) is 26.5 Å². The minimum atomic E-state index is -0.484. The molecule has 0 aliphatic rings. The predicted octanol–water partition coefficient (Wildman–Crippen LogP) is 1.12. The van der Waals surface area contributed by atoms with Crippen molar-refractivity contribution in [3.63, 3.8) is 0 Å². The van der Waals surface area contributed by atoms with E-state index in [0.29, 0.717) is 0 Å². The van der Waals surface area contributed by atoms with Crippen LogP contribution in [0.25, 0.3) is 0 Å². The van der Waals surface area contributed by atoms with E-state index in [1.165, 1.54) is 0 Å². The smallest absolute Gasteiger partial charge is 0.332 e. The van der Waals surface area contributed by atoms with Gasteiger partial charge in [0.1, 0.15) is 5.69 Å². The Hall–Kier alpha value is -2.00. The molecular weight excluding hydrogens is 274 g/mol. The average molecular weight is 297 g/mol. The third-order valence-corrected chi connectivity index (χ3v) is 3.18. The highest BCUT2D eigenvalue weighted by Crippen LogP contribution is 2.26. The van der Waals surface area contributed by atoms with Gasteiger partial charge in [-0.15, -0.1) is 0 Å². The number of aryl methyl sites for hydroxylation is 1. The van der Waals surface area contributed by atoms with Crippen LogP contribution in [-0.2, 0) is 0 Å². The quantitative estimate of drug-likeness (QED) is 0.370. The summed E-state index contributed by atoms with van der Waals surface area (Å²) in [4.78, 5) is 20.9. The average Bonchev–Trinajstić information content (AvgIpc) is 2.43. The third kappa shape index (κ3) is 4.50. The molecule has 1 aromatic heterocycles. The molecule has 1 rings (SSSR count). The molecule has 0 spiro atoms. The van der Waals surface area contributed by atoms with Crippen LogP contribution in [0, 0.1) is 17.0 Å². The molecular formula is C12H23N7O2. The second-order valence-electron chi connectivity index (χ2n) is 4.76. The molecule has 0 radical (unpaired) electrons. The monoisotopic (exact) mass is 297 g/mol. The molecule has 0 saturated heterocycles. The number of anilines is 2. The highest BCUT2D eigenvalue weighted by atomic mass is 16.6. The van der Waals surface area contributed by atoms with Gasteiger partial charge in [-0.1, -0.05) is 13.8 Å². The number of hydrazine groups is 1. The lowest BCUT2D eigenvalue weighted by atomic mass is 10.2. The van der Waals surface area contributed by atoms with Crippen molar-refractivity contribution in [1.29, 1.82) is 0 Å². The van der Waals surface area contributed by atoms with Gasteiger partial charge in [-0.2, -0.15) is 4.98 Å². The number of rotatable bonds is 8. The Labute approximate surface area is 124 Å². The predicted molar refractivity (Wildman–Crippen MR) is 82.1 cm³/mol. The van der Waals surface area contributed by atoms with Crippen molar-refractivity contribution in [2.24, 2.45) is 5.84 Å². The van der Waals surface area contributed by atoms with Crippen LogP contribution in [0.5, 0.6) is 0 Å². The topological polar surface area (TPSA) is 122 Å². The first kappa shape index (κ1) is 17.1. The summed E-state index contributed by atoms with van der Waals surface area (Å²) in [5, 5.41) is 14.3. The first-order valence-electron chi connectivity index (χ1n) is 6.91. The van der Waals surface area contributed by atoms with Crippen LogP contribution in [0.2, 0.25) is 0 Å². The molecule has 0 aliphatic heterocycles. The molecule has 1 aromatic rings. The maximum atomic E-state index is 11.2. The number of aromatic nitrogens is 2. The SMILES string of the molecule is CCN(CC)CC(C)Nc1nc(NN)nc(C)c1[N+](=O)[O-]. The van der Waals surface area contributed by atoms with E-state index >= 15 is 0 Å². The molecule has 0 fully saturated rings. The molecule has 4 N–H and O–H groups in total. The normalized spacial score (nSPS) is 12.3. The van der Waals surface area contributed by atoms with Crippen LogP contribution < -0.4 is 16.6 Å². The standard InChI is InChI=1S/C12H23N7O2/c1-5-18(6-2)7-8(3)14-11-10(19(20)21)9(4)15-12(16-11)17-13/h8H,5-7,13H2,1-4H3,(H2,14,15,16,17). The number of likely N-dealkylation sites (N-methyl/N-ethyl adjacent to an activating group) is 1. The molecule has 21 heavy (non-hydrogen) atoms. The van der Waals surface area contributed by atoms with E-state index < -0.39 is 4.92 Å². The zero-order valence-electron chi connectivity index (χ0n) is 12.9. The Morgan fingerprint density at radius 2 is 2.00 bits per heavy atom. The van der Waals surface area contributed by atoms with Gasteiger partial charge >= 0.3 is 5.69 Å². The van der Waals surface area contributed by atoms with E-state index in [4.69, 9.17) is 5.84 Å². The van der Waals surface area contributed by atoms with Gasteiger partial charge in [0.05, 0.1) is 4.92 Å². The van der Waals surface area contributed by atoms with Gasteiger partial charge < -0.3 is 10.2 Å². The molecule has 9 nitrogen and oxygen atoms in total. The van der Waals surface area contributed by atoms with Crippen molar-refractivity contribution >= 4 is 17.5 Å². The lowest BCUT2D eigenvalue weighted by molar-refractivity contribution is -0.385. The molecule has 0 aromatic carbocycles. The fourth-order valence-electron chi connectivity index (χ4n) is 2.10. The largest absolute Gasteiger partial charge is 0.360 e. The van der Waals surface area contributed by atoms with Crippen molar-refractivity contribution in [1.82, 2.24) is 14.9 Å². The maximum Gasteiger partial charge on any atom is 0.332 e. The number of nitrogens with zero attached hydrogens (tertiary/aromatic N) is 4. The summed E-state index contributed by atoms with van der Waals surface area (Å²) in [6.07, 6.45) is 0. The van der Waals surface area contributed by atoms with Crippen molar-refractivity contribution in [2.75, 3.05) is 30.4 Å². The third-order valence-electron chi connectivity index (χ3n) is 3.18. The Morgan fingerprint density at radius 3 is 2.48 bits per heavy atom. The number of nitro groups is 1. The van der Waals surface area contributed by atoms with Crippen molar-refractivity contribution < 1.29 is 4.92 Å².